The Labute approximate surface area is 163 Å². The summed E-state index contributed by atoms with van der Waals surface area (Å²) in [5.74, 6) is 0.181. The zero-order valence-electron chi connectivity index (χ0n) is 17.0. The van der Waals surface area contributed by atoms with E-state index in [-0.39, 0.29) is 18.0 Å². The Kier molecular flexibility index (Phi) is 4.28. The third-order valence-corrected chi connectivity index (χ3v) is 4.92. The van der Waals surface area contributed by atoms with Crippen LogP contribution in [0.3, 0.4) is 0 Å². The van der Waals surface area contributed by atoms with Gasteiger partial charge in [0.1, 0.15) is 17.8 Å². The van der Waals surface area contributed by atoms with Crippen LogP contribution in [0.4, 0.5) is 0 Å². The summed E-state index contributed by atoms with van der Waals surface area (Å²) in [7, 11) is 0. The molecule has 1 fully saturated rings. The normalized spacial score (nSPS) is 14.9. The standard InChI is InChI=1S/C21H26N4O3/c1-12(2)16-9-8-14-18(23-16)25-19(15(10-22-25)13-6-7-13)24(20(14)27)11-17(26)28-21(3,4)5/h8-10,12-13H,6-7,11H2,1-5H3. The lowest BCUT2D eigenvalue weighted by Crippen LogP contribution is -2.32. The molecule has 4 rings (SSSR count). The number of aromatic nitrogens is 4. The average Bonchev–Trinajstić information content (AvgIpc) is 3.35. The van der Waals surface area contributed by atoms with E-state index >= 15 is 0 Å². The SMILES string of the molecule is CC(C)c1ccc2c(=O)n(CC(=O)OC(C)(C)C)c3c(C4CC4)cnn3c2n1. The molecular formula is C21H26N4O3. The van der Waals surface area contributed by atoms with Crippen LogP contribution in [0.25, 0.3) is 16.7 Å². The Morgan fingerprint density at radius 1 is 1.29 bits per heavy atom. The zero-order chi connectivity index (χ0) is 20.2. The van der Waals surface area contributed by atoms with Gasteiger partial charge in [-0.3, -0.25) is 14.2 Å². The van der Waals surface area contributed by atoms with E-state index < -0.39 is 11.6 Å². The van der Waals surface area contributed by atoms with Crippen molar-refractivity contribution in [3.05, 3.63) is 39.9 Å². The summed E-state index contributed by atoms with van der Waals surface area (Å²) < 4.78 is 8.66. The van der Waals surface area contributed by atoms with Crippen molar-refractivity contribution in [2.45, 2.75) is 71.4 Å². The first-order valence-corrected chi connectivity index (χ1v) is 9.78. The van der Waals surface area contributed by atoms with Crippen molar-refractivity contribution >= 4 is 22.6 Å². The van der Waals surface area contributed by atoms with E-state index in [0.717, 1.165) is 24.1 Å². The maximum absolute atomic E-state index is 13.3. The predicted octanol–water partition coefficient (Wildman–Crippen LogP) is 3.39. The van der Waals surface area contributed by atoms with Gasteiger partial charge in [0, 0.05) is 11.3 Å². The van der Waals surface area contributed by atoms with Gasteiger partial charge >= 0.3 is 5.97 Å². The van der Waals surface area contributed by atoms with Gasteiger partial charge in [-0.2, -0.15) is 9.61 Å². The van der Waals surface area contributed by atoms with E-state index in [1.165, 1.54) is 4.57 Å². The fourth-order valence-electron chi connectivity index (χ4n) is 3.47. The Morgan fingerprint density at radius 2 is 2.00 bits per heavy atom. The number of fused-ring (bicyclic) bond motifs is 3. The molecular weight excluding hydrogens is 356 g/mol. The van der Waals surface area contributed by atoms with Gasteiger partial charge < -0.3 is 4.74 Å². The van der Waals surface area contributed by atoms with Crippen molar-refractivity contribution in [1.29, 1.82) is 0 Å². The molecule has 3 aromatic heterocycles. The van der Waals surface area contributed by atoms with E-state index in [1.807, 2.05) is 26.8 Å². The fraction of sp³-hybridized carbons (Fsp3) is 0.524. The van der Waals surface area contributed by atoms with Crippen molar-refractivity contribution in [2.24, 2.45) is 0 Å². The second-order valence-corrected chi connectivity index (χ2v) is 8.85. The monoisotopic (exact) mass is 382 g/mol. The first-order valence-electron chi connectivity index (χ1n) is 9.78. The molecule has 1 aliphatic rings. The maximum atomic E-state index is 13.3. The molecule has 3 heterocycles. The summed E-state index contributed by atoms with van der Waals surface area (Å²) in [6, 6.07) is 3.65. The lowest BCUT2D eigenvalue weighted by atomic mass is 10.1. The van der Waals surface area contributed by atoms with Gasteiger partial charge in [0.05, 0.1) is 11.6 Å². The third kappa shape index (κ3) is 3.30. The van der Waals surface area contributed by atoms with Crippen LogP contribution in [0, 0.1) is 0 Å². The summed E-state index contributed by atoms with van der Waals surface area (Å²) in [6.07, 6.45) is 3.94. The molecule has 0 unspecified atom stereocenters. The molecule has 0 aromatic carbocycles. The molecule has 0 saturated heterocycles. The molecule has 1 saturated carbocycles. The first kappa shape index (κ1) is 18.7. The average molecular weight is 382 g/mol. The summed E-state index contributed by atoms with van der Waals surface area (Å²) in [5.41, 5.74) is 2.25. The highest BCUT2D eigenvalue weighted by molar-refractivity contribution is 5.79. The maximum Gasteiger partial charge on any atom is 0.326 e. The number of hydrogen-bond acceptors (Lipinski definition) is 5. The van der Waals surface area contributed by atoms with Gasteiger partial charge in [0.15, 0.2) is 5.65 Å². The Morgan fingerprint density at radius 3 is 2.61 bits per heavy atom. The quantitative estimate of drug-likeness (QED) is 0.646. The van der Waals surface area contributed by atoms with Gasteiger partial charge in [0.2, 0.25) is 0 Å². The molecule has 7 nitrogen and oxygen atoms in total. The van der Waals surface area contributed by atoms with Gasteiger partial charge in [-0.25, -0.2) is 4.98 Å². The van der Waals surface area contributed by atoms with Crippen LogP contribution in [-0.4, -0.2) is 30.7 Å². The lowest BCUT2D eigenvalue weighted by Gasteiger charge is -2.20. The Hall–Kier alpha value is -2.70. The van der Waals surface area contributed by atoms with Crippen LogP contribution < -0.4 is 5.56 Å². The zero-order valence-corrected chi connectivity index (χ0v) is 17.0. The highest BCUT2D eigenvalue weighted by Gasteiger charge is 2.30. The van der Waals surface area contributed by atoms with E-state index in [4.69, 9.17) is 9.72 Å². The van der Waals surface area contributed by atoms with Crippen molar-refractivity contribution in [3.63, 3.8) is 0 Å². The van der Waals surface area contributed by atoms with Crippen molar-refractivity contribution < 1.29 is 9.53 Å². The predicted molar refractivity (Wildman–Crippen MR) is 107 cm³/mol. The molecule has 0 spiro atoms. The topological polar surface area (TPSA) is 78.5 Å². The summed E-state index contributed by atoms with van der Waals surface area (Å²) in [5, 5.41) is 4.98. The molecule has 28 heavy (non-hydrogen) atoms. The molecule has 0 atom stereocenters. The second-order valence-electron chi connectivity index (χ2n) is 8.85. The van der Waals surface area contributed by atoms with Crippen molar-refractivity contribution in [1.82, 2.24) is 19.2 Å². The van der Waals surface area contributed by atoms with Crippen molar-refractivity contribution in [3.8, 4) is 0 Å². The second kappa shape index (κ2) is 6.43. The van der Waals surface area contributed by atoms with Crippen LogP contribution in [0.2, 0.25) is 0 Å². The first-order chi connectivity index (χ1) is 13.2. The summed E-state index contributed by atoms with van der Waals surface area (Å²) >= 11 is 0. The minimum atomic E-state index is -0.610. The van der Waals surface area contributed by atoms with E-state index in [9.17, 15) is 9.59 Å². The molecule has 3 aromatic rings. The highest BCUT2D eigenvalue weighted by Crippen LogP contribution is 2.42. The van der Waals surface area contributed by atoms with E-state index in [2.05, 4.69) is 18.9 Å². The Bertz CT molecular complexity index is 1130. The third-order valence-electron chi connectivity index (χ3n) is 4.92. The minimum Gasteiger partial charge on any atom is -0.459 e. The van der Waals surface area contributed by atoms with Gasteiger partial charge in [-0.15, -0.1) is 0 Å². The van der Waals surface area contributed by atoms with Gasteiger partial charge in [-0.1, -0.05) is 13.8 Å². The number of rotatable bonds is 4. The van der Waals surface area contributed by atoms with E-state index in [0.29, 0.717) is 22.6 Å². The van der Waals surface area contributed by atoms with Crippen LogP contribution >= 0.6 is 0 Å². The number of carbonyl (C=O) groups is 1. The number of carbonyl (C=O) groups excluding carboxylic acids is 1. The number of hydrogen-bond donors (Lipinski definition) is 0. The van der Waals surface area contributed by atoms with Crippen LogP contribution in [0.1, 0.15) is 70.6 Å². The molecule has 0 amide bonds. The van der Waals surface area contributed by atoms with Gasteiger partial charge in [0.25, 0.3) is 5.56 Å². The largest absolute Gasteiger partial charge is 0.459 e. The summed E-state index contributed by atoms with van der Waals surface area (Å²) in [6.45, 7) is 9.43. The van der Waals surface area contributed by atoms with Crippen molar-refractivity contribution in [2.75, 3.05) is 0 Å². The molecule has 7 heteroatoms. The van der Waals surface area contributed by atoms with E-state index in [1.54, 1.807) is 16.8 Å². The Balaban J connectivity index is 1.95. The van der Waals surface area contributed by atoms with Crippen LogP contribution in [0.5, 0.6) is 0 Å². The van der Waals surface area contributed by atoms with Crippen LogP contribution in [0.15, 0.2) is 23.1 Å². The fourth-order valence-corrected chi connectivity index (χ4v) is 3.47. The number of esters is 1. The minimum absolute atomic E-state index is 0.146. The number of ether oxygens (including phenoxy) is 1. The molecule has 1 aliphatic carbocycles. The number of nitrogens with zero attached hydrogens (tertiary/aromatic N) is 4. The molecule has 0 radical (unpaired) electrons. The highest BCUT2D eigenvalue weighted by atomic mass is 16.6. The summed E-state index contributed by atoms with van der Waals surface area (Å²) in [4.78, 5) is 30.5. The molecule has 148 valence electrons. The van der Waals surface area contributed by atoms with Gasteiger partial charge in [-0.05, 0) is 57.6 Å². The molecule has 0 N–H and O–H groups in total. The van der Waals surface area contributed by atoms with Crippen LogP contribution in [-0.2, 0) is 16.1 Å². The lowest BCUT2D eigenvalue weighted by molar-refractivity contribution is -0.155. The number of pyridine rings is 1. The molecule has 0 bridgehead atoms. The molecule has 0 aliphatic heterocycles. The smallest absolute Gasteiger partial charge is 0.326 e.